The van der Waals surface area contributed by atoms with Gasteiger partial charge in [0.15, 0.2) is 0 Å². The lowest BCUT2D eigenvalue weighted by Gasteiger charge is -2.27. The molecule has 0 aliphatic rings. The van der Waals surface area contributed by atoms with Crippen molar-refractivity contribution in [2.75, 3.05) is 4.90 Å². The molecule has 130 valence electrons. The fourth-order valence-corrected chi connectivity index (χ4v) is 3.51. The maximum Gasteiger partial charge on any atom is 0.0554 e. The van der Waals surface area contributed by atoms with Gasteiger partial charge in [-0.15, -0.1) is 6.42 Å². The number of hydrogen-bond donors (Lipinski definition) is 0. The van der Waals surface area contributed by atoms with Gasteiger partial charge in [0.2, 0.25) is 0 Å². The van der Waals surface area contributed by atoms with Crippen molar-refractivity contribution >= 4 is 16.5 Å². The van der Waals surface area contributed by atoms with Gasteiger partial charge in [0.25, 0.3) is 0 Å². The summed E-state index contributed by atoms with van der Waals surface area (Å²) in [5, 5.41) is 2.30. The maximum absolute atomic E-state index is 5.96. The maximum atomic E-state index is 5.96. The van der Waals surface area contributed by atoms with E-state index in [9.17, 15) is 0 Å². The molecule has 0 unspecified atom stereocenters. The van der Waals surface area contributed by atoms with Crippen LogP contribution in [0.5, 0.6) is 0 Å². The van der Waals surface area contributed by atoms with E-state index in [4.69, 9.17) is 6.42 Å². The van der Waals surface area contributed by atoms with Crippen LogP contribution >= 0.6 is 0 Å². The molecule has 0 saturated carbocycles. The van der Waals surface area contributed by atoms with Gasteiger partial charge < -0.3 is 4.90 Å². The van der Waals surface area contributed by atoms with Gasteiger partial charge in [-0.3, -0.25) is 0 Å². The number of rotatable bonds is 5. The summed E-state index contributed by atoms with van der Waals surface area (Å²) in [6, 6.07) is 33.7. The third kappa shape index (κ3) is 3.71. The molecule has 0 spiro atoms. The monoisotopic (exact) mass is 347 g/mol. The third-order valence-corrected chi connectivity index (χ3v) is 4.82. The van der Waals surface area contributed by atoms with E-state index in [0.717, 1.165) is 29.7 Å². The van der Waals surface area contributed by atoms with Crippen molar-refractivity contribution in [2.24, 2.45) is 0 Å². The molecule has 4 rings (SSSR count). The number of terminal acetylenes is 1. The summed E-state index contributed by atoms with van der Waals surface area (Å²) < 4.78 is 0. The Kier molecular flexibility index (Phi) is 4.90. The molecule has 4 aromatic rings. The lowest BCUT2D eigenvalue weighted by Crippen LogP contribution is -2.23. The standard InChI is InChI=1S/C26H21N/c1-2-24-25-16-10-9-15-23(25)17-18-26(24)27(19-21-11-5-3-6-12-21)20-22-13-7-4-8-14-22/h1,3-18H,19-20H2. The van der Waals surface area contributed by atoms with Gasteiger partial charge in [-0.2, -0.15) is 0 Å². The molecule has 0 saturated heterocycles. The Hall–Kier alpha value is -3.50. The summed E-state index contributed by atoms with van der Waals surface area (Å²) in [6.07, 6.45) is 5.96. The van der Waals surface area contributed by atoms with E-state index < -0.39 is 0 Å². The topological polar surface area (TPSA) is 3.24 Å². The van der Waals surface area contributed by atoms with Crippen molar-refractivity contribution in [3.63, 3.8) is 0 Å². The average molecular weight is 347 g/mol. The zero-order valence-electron chi connectivity index (χ0n) is 15.2. The number of anilines is 1. The van der Waals surface area contributed by atoms with Gasteiger partial charge in [-0.25, -0.2) is 0 Å². The zero-order valence-corrected chi connectivity index (χ0v) is 15.2. The second-order valence-electron chi connectivity index (χ2n) is 6.65. The van der Waals surface area contributed by atoms with Crippen molar-refractivity contribution in [3.8, 4) is 12.3 Å². The second-order valence-corrected chi connectivity index (χ2v) is 6.65. The van der Waals surface area contributed by atoms with Gasteiger partial charge in [0.05, 0.1) is 11.3 Å². The number of hydrogen-bond acceptors (Lipinski definition) is 1. The van der Waals surface area contributed by atoms with Gasteiger partial charge in [-0.05, 0) is 28.0 Å². The summed E-state index contributed by atoms with van der Waals surface area (Å²) >= 11 is 0. The SMILES string of the molecule is C#Cc1c(N(Cc2ccccc2)Cc2ccccc2)ccc2ccccc12. The number of benzene rings is 4. The molecule has 0 N–H and O–H groups in total. The van der Waals surface area contributed by atoms with E-state index >= 15 is 0 Å². The molecule has 0 heterocycles. The lowest BCUT2D eigenvalue weighted by molar-refractivity contribution is 0.799. The molecule has 0 atom stereocenters. The van der Waals surface area contributed by atoms with Crippen LogP contribution in [0.15, 0.2) is 97.1 Å². The molecular formula is C26H21N. The molecule has 0 fully saturated rings. The van der Waals surface area contributed by atoms with E-state index in [1.807, 2.05) is 24.3 Å². The number of fused-ring (bicyclic) bond motifs is 1. The van der Waals surface area contributed by atoms with Crippen molar-refractivity contribution in [1.82, 2.24) is 0 Å². The van der Waals surface area contributed by atoms with Crippen molar-refractivity contribution in [2.45, 2.75) is 13.1 Å². The first-order valence-corrected chi connectivity index (χ1v) is 9.16. The van der Waals surface area contributed by atoms with Crippen LogP contribution < -0.4 is 4.90 Å². The van der Waals surface area contributed by atoms with Crippen molar-refractivity contribution < 1.29 is 0 Å². The first kappa shape index (κ1) is 16.9. The molecule has 0 aliphatic heterocycles. The van der Waals surface area contributed by atoms with E-state index in [1.54, 1.807) is 0 Å². The summed E-state index contributed by atoms with van der Waals surface area (Å²) in [5.74, 6) is 2.95. The lowest BCUT2D eigenvalue weighted by atomic mass is 10.0. The second kappa shape index (κ2) is 7.81. The fraction of sp³-hybridized carbons (Fsp3) is 0.0769. The van der Waals surface area contributed by atoms with E-state index in [1.165, 1.54) is 16.5 Å². The third-order valence-electron chi connectivity index (χ3n) is 4.82. The average Bonchev–Trinajstić information content (AvgIpc) is 2.74. The Bertz CT molecular complexity index is 1030. The molecule has 0 aliphatic carbocycles. The highest BCUT2D eigenvalue weighted by Gasteiger charge is 2.14. The normalized spacial score (nSPS) is 10.5. The van der Waals surface area contributed by atoms with E-state index in [-0.39, 0.29) is 0 Å². The van der Waals surface area contributed by atoms with Crippen molar-refractivity contribution in [3.05, 3.63) is 114 Å². The highest BCUT2D eigenvalue weighted by Crippen LogP contribution is 2.30. The van der Waals surface area contributed by atoms with Crippen LogP contribution in [0.2, 0.25) is 0 Å². The minimum atomic E-state index is 0.808. The van der Waals surface area contributed by atoms with Crippen LogP contribution in [0, 0.1) is 12.3 Å². The van der Waals surface area contributed by atoms with Crippen LogP contribution in [-0.2, 0) is 13.1 Å². The summed E-state index contributed by atoms with van der Waals surface area (Å²) in [5.41, 5.74) is 4.60. The largest absolute Gasteiger partial charge is 0.362 e. The summed E-state index contributed by atoms with van der Waals surface area (Å²) in [7, 11) is 0. The smallest absolute Gasteiger partial charge is 0.0554 e. The Balaban J connectivity index is 1.80. The summed E-state index contributed by atoms with van der Waals surface area (Å²) in [4.78, 5) is 2.37. The molecular weight excluding hydrogens is 326 g/mol. The minimum absolute atomic E-state index is 0.808. The molecule has 1 heteroatoms. The van der Waals surface area contributed by atoms with Crippen LogP contribution in [0.25, 0.3) is 10.8 Å². The summed E-state index contributed by atoms with van der Waals surface area (Å²) in [6.45, 7) is 1.62. The highest BCUT2D eigenvalue weighted by atomic mass is 15.1. The van der Waals surface area contributed by atoms with Crippen LogP contribution in [0.3, 0.4) is 0 Å². The van der Waals surface area contributed by atoms with Gasteiger partial charge >= 0.3 is 0 Å². The Morgan fingerprint density at radius 2 is 1.19 bits per heavy atom. The minimum Gasteiger partial charge on any atom is -0.362 e. The fourth-order valence-electron chi connectivity index (χ4n) is 3.51. The quantitative estimate of drug-likeness (QED) is 0.399. The Morgan fingerprint density at radius 1 is 0.630 bits per heavy atom. The van der Waals surface area contributed by atoms with E-state index in [0.29, 0.717) is 0 Å². The molecule has 0 aromatic heterocycles. The highest BCUT2D eigenvalue weighted by molar-refractivity contribution is 5.93. The first-order valence-electron chi connectivity index (χ1n) is 9.16. The van der Waals surface area contributed by atoms with Crippen molar-refractivity contribution in [1.29, 1.82) is 0 Å². The molecule has 4 aromatic carbocycles. The molecule has 0 radical (unpaired) electrons. The van der Waals surface area contributed by atoms with Gasteiger partial charge in [-0.1, -0.05) is 96.9 Å². The van der Waals surface area contributed by atoms with Crippen LogP contribution in [0.4, 0.5) is 5.69 Å². The number of nitrogens with zero attached hydrogens (tertiary/aromatic N) is 1. The predicted octanol–water partition coefficient (Wildman–Crippen LogP) is 6.03. The molecule has 1 nitrogen and oxygen atoms in total. The molecule has 0 amide bonds. The molecule has 27 heavy (non-hydrogen) atoms. The molecule has 0 bridgehead atoms. The van der Waals surface area contributed by atoms with Crippen LogP contribution in [-0.4, -0.2) is 0 Å². The Labute approximate surface area is 160 Å². The zero-order chi connectivity index (χ0) is 18.5. The predicted molar refractivity (Wildman–Crippen MR) is 115 cm³/mol. The van der Waals surface area contributed by atoms with Crippen LogP contribution in [0.1, 0.15) is 16.7 Å². The first-order chi connectivity index (χ1) is 13.3. The van der Waals surface area contributed by atoms with E-state index in [2.05, 4.69) is 83.6 Å². The van der Waals surface area contributed by atoms with Gasteiger partial charge in [0, 0.05) is 13.1 Å². The Morgan fingerprint density at radius 3 is 1.78 bits per heavy atom. The van der Waals surface area contributed by atoms with Gasteiger partial charge in [0.1, 0.15) is 0 Å².